The Balaban J connectivity index is 2.12. The van der Waals surface area contributed by atoms with Gasteiger partial charge in [0.2, 0.25) is 0 Å². The topological polar surface area (TPSA) is 81.8 Å². The Morgan fingerprint density at radius 2 is 2.18 bits per heavy atom. The summed E-state index contributed by atoms with van der Waals surface area (Å²) in [4.78, 5) is 12.1. The molecule has 0 bridgehead atoms. The Bertz CT molecular complexity index is 1030. The minimum absolute atomic E-state index is 0.469. The highest BCUT2D eigenvalue weighted by molar-refractivity contribution is 5.96. The number of hydrogen-bond donors (Lipinski definition) is 2. The predicted molar refractivity (Wildman–Crippen MR) is 84.5 cm³/mol. The van der Waals surface area contributed by atoms with Gasteiger partial charge in [0.15, 0.2) is 17.2 Å². The SMILES string of the molecule is CNc1nc(-c2c[nH]c3ccccc23)c(C#N)n2ccnc12. The molecule has 0 aliphatic heterocycles. The molecule has 0 radical (unpaired) electrons. The largest absolute Gasteiger partial charge is 0.370 e. The van der Waals surface area contributed by atoms with Gasteiger partial charge in [0.25, 0.3) is 0 Å². The van der Waals surface area contributed by atoms with Crippen LogP contribution in [-0.2, 0) is 0 Å². The van der Waals surface area contributed by atoms with Gasteiger partial charge in [-0.05, 0) is 6.07 Å². The Hall–Kier alpha value is -3.33. The van der Waals surface area contributed by atoms with Gasteiger partial charge in [-0.25, -0.2) is 9.97 Å². The summed E-state index contributed by atoms with van der Waals surface area (Å²) in [6.45, 7) is 0. The Morgan fingerprint density at radius 3 is 3.00 bits per heavy atom. The van der Waals surface area contributed by atoms with Gasteiger partial charge >= 0.3 is 0 Å². The lowest BCUT2D eigenvalue weighted by molar-refractivity contribution is 1.09. The smallest absolute Gasteiger partial charge is 0.181 e. The molecule has 22 heavy (non-hydrogen) atoms. The third-order valence-electron chi connectivity index (χ3n) is 3.73. The van der Waals surface area contributed by atoms with Crippen LogP contribution >= 0.6 is 0 Å². The minimum Gasteiger partial charge on any atom is -0.370 e. The first-order valence-electron chi connectivity index (χ1n) is 6.85. The second kappa shape index (κ2) is 4.60. The van der Waals surface area contributed by atoms with Crippen molar-refractivity contribution in [3.8, 4) is 17.3 Å². The fourth-order valence-corrected chi connectivity index (χ4v) is 2.72. The summed E-state index contributed by atoms with van der Waals surface area (Å²) in [5, 5.41) is 13.7. The number of aromatic amines is 1. The van der Waals surface area contributed by atoms with E-state index >= 15 is 0 Å². The van der Waals surface area contributed by atoms with Gasteiger partial charge < -0.3 is 10.3 Å². The molecule has 6 heteroatoms. The van der Waals surface area contributed by atoms with Gasteiger partial charge in [-0.3, -0.25) is 4.40 Å². The van der Waals surface area contributed by atoms with Crippen LogP contribution in [0, 0.1) is 11.3 Å². The van der Waals surface area contributed by atoms with Crippen molar-refractivity contribution in [1.82, 2.24) is 19.4 Å². The number of anilines is 1. The molecule has 4 rings (SSSR count). The first-order chi connectivity index (χ1) is 10.8. The molecule has 0 amide bonds. The quantitative estimate of drug-likeness (QED) is 0.594. The van der Waals surface area contributed by atoms with E-state index < -0.39 is 0 Å². The van der Waals surface area contributed by atoms with Gasteiger partial charge in [-0.2, -0.15) is 5.26 Å². The van der Waals surface area contributed by atoms with E-state index in [1.165, 1.54) is 0 Å². The highest BCUT2D eigenvalue weighted by Gasteiger charge is 2.18. The number of aromatic nitrogens is 4. The molecule has 0 saturated heterocycles. The Labute approximate surface area is 126 Å². The molecule has 4 aromatic rings. The lowest BCUT2D eigenvalue weighted by Gasteiger charge is -2.09. The van der Waals surface area contributed by atoms with E-state index in [2.05, 4.69) is 26.3 Å². The summed E-state index contributed by atoms with van der Waals surface area (Å²) in [6.07, 6.45) is 5.32. The van der Waals surface area contributed by atoms with Crippen molar-refractivity contribution in [2.24, 2.45) is 0 Å². The van der Waals surface area contributed by atoms with E-state index in [-0.39, 0.29) is 0 Å². The third kappa shape index (κ3) is 1.59. The zero-order chi connectivity index (χ0) is 15.1. The van der Waals surface area contributed by atoms with E-state index in [4.69, 9.17) is 0 Å². The molecule has 1 aromatic carbocycles. The number of nitriles is 1. The molecule has 3 heterocycles. The maximum absolute atomic E-state index is 9.60. The summed E-state index contributed by atoms with van der Waals surface area (Å²) in [7, 11) is 1.79. The Kier molecular flexibility index (Phi) is 2.60. The summed E-state index contributed by atoms with van der Waals surface area (Å²) in [5.74, 6) is 0.643. The molecule has 0 spiro atoms. The minimum atomic E-state index is 0.469. The maximum Gasteiger partial charge on any atom is 0.181 e. The number of benzene rings is 1. The standard InChI is InChI=1S/C16H12N6/c1-18-15-16-19-6-7-22(16)13(8-17)14(21-15)11-9-20-12-5-3-2-4-10(11)12/h2-7,9,20H,1H3,(H,18,21). The first-order valence-corrected chi connectivity index (χ1v) is 6.85. The molecule has 0 unspecified atom stereocenters. The van der Waals surface area contributed by atoms with Crippen LogP contribution in [0.15, 0.2) is 42.9 Å². The van der Waals surface area contributed by atoms with Crippen LogP contribution in [0.2, 0.25) is 0 Å². The molecular weight excluding hydrogens is 276 g/mol. The highest BCUT2D eigenvalue weighted by Crippen LogP contribution is 2.31. The number of hydrogen-bond acceptors (Lipinski definition) is 4. The third-order valence-corrected chi connectivity index (χ3v) is 3.73. The van der Waals surface area contributed by atoms with Crippen LogP contribution in [0.1, 0.15) is 5.69 Å². The molecule has 106 valence electrons. The summed E-state index contributed by atoms with van der Waals surface area (Å²) < 4.78 is 1.76. The molecule has 6 nitrogen and oxygen atoms in total. The van der Waals surface area contributed by atoms with Crippen LogP contribution in [0.4, 0.5) is 5.82 Å². The summed E-state index contributed by atoms with van der Waals surface area (Å²) >= 11 is 0. The number of H-pyrrole nitrogens is 1. The van der Waals surface area contributed by atoms with E-state index in [0.29, 0.717) is 22.9 Å². The van der Waals surface area contributed by atoms with Crippen LogP contribution < -0.4 is 5.32 Å². The van der Waals surface area contributed by atoms with Gasteiger partial charge in [-0.1, -0.05) is 18.2 Å². The van der Waals surface area contributed by atoms with Crippen LogP contribution in [0.3, 0.4) is 0 Å². The highest BCUT2D eigenvalue weighted by atomic mass is 15.1. The van der Waals surface area contributed by atoms with Crippen molar-refractivity contribution in [3.63, 3.8) is 0 Å². The molecule has 3 aromatic heterocycles. The molecule has 0 aliphatic carbocycles. The number of nitrogens with one attached hydrogen (secondary N) is 2. The summed E-state index contributed by atoms with van der Waals surface area (Å²) in [6, 6.07) is 10.2. The summed E-state index contributed by atoms with van der Waals surface area (Å²) in [5.41, 5.74) is 3.66. The average Bonchev–Trinajstić information content (AvgIpc) is 3.20. The monoisotopic (exact) mass is 288 g/mol. The van der Waals surface area contributed by atoms with Crippen molar-refractivity contribution >= 4 is 22.4 Å². The molecular formula is C16H12N6. The van der Waals surface area contributed by atoms with Gasteiger partial charge in [0.05, 0.1) is 0 Å². The predicted octanol–water partition coefficient (Wildman–Crippen LogP) is 2.79. The molecule has 2 N–H and O–H groups in total. The van der Waals surface area contributed by atoms with Crippen molar-refractivity contribution in [1.29, 1.82) is 5.26 Å². The normalized spacial score (nSPS) is 10.9. The maximum atomic E-state index is 9.60. The van der Waals surface area contributed by atoms with Crippen molar-refractivity contribution < 1.29 is 0 Å². The number of para-hydroxylation sites is 1. The van der Waals surface area contributed by atoms with Crippen molar-refractivity contribution in [3.05, 3.63) is 48.5 Å². The van der Waals surface area contributed by atoms with Crippen LogP contribution in [0.5, 0.6) is 0 Å². The van der Waals surface area contributed by atoms with E-state index in [9.17, 15) is 5.26 Å². The molecule has 0 saturated carbocycles. The first kappa shape index (κ1) is 12.4. The number of rotatable bonds is 2. The van der Waals surface area contributed by atoms with E-state index in [1.54, 1.807) is 23.8 Å². The second-order valence-corrected chi connectivity index (χ2v) is 4.89. The molecule has 0 fully saturated rings. The Morgan fingerprint density at radius 1 is 1.32 bits per heavy atom. The van der Waals surface area contributed by atoms with Crippen molar-refractivity contribution in [2.45, 2.75) is 0 Å². The average molecular weight is 288 g/mol. The van der Waals surface area contributed by atoms with Gasteiger partial charge in [0.1, 0.15) is 11.8 Å². The van der Waals surface area contributed by atoms with Crippen LogP contribution in [-0.4, -0.2) is 26.4 Å². The van der Waals surface area contributed by atoms with Gasteiger partial charge in [-0.15, -0.1) is 0 Å². The van der Waals surface area contributed by atoms with E-state index in [1.807, 2.05) is 30.5 Å². The van der Waals surface area contributed by atoms with Crippen molar-refractivity contribution in [2.75, 3.05) is 12.4 Å². The lowest BCUT2D eigenvalue weighted by atomic mass is 10.1. The number of nitrogens with zero attached hydrogens (tertiary/aromatic N) is 4. The zero-order valence-electron chi connectivity index (χ0n) is 11.8. The fraction of sp³-hybridized carbons (Fsp3) is 0.0625. The molecule has 0 aliphatic rings. The van der Waals surface area contributed by atoms with Crippen LogP contribution in [0.25, 0.3) is 27.8 Å². The lowest BCUT2D eigenvalue weighted by Crippen LogP contribution is -2.04. The zero-order valence-corrected chi connectivity index (χ0v) is 11.8. The second-order valence-electron chi connectivity index (χ2n) is 4.89. The fourth-order valence-electron chi connectivity index (χ4n) is 2.72. The number of fused-ring (bicyclic) bond motifs is 2. The van der Waals surface area contributed by atoms with E-state index in [0.717, 1.165) is 16.5 Å². The van der Waals surface area contributed by atoms with Gasteiger partial charge in [0, 0.05) is 42.1 Å². The number of imidazole rings is 1. The molecule has 0 atom stereocenters.